The summed E-state index contributed by atoms with van der Waals surface area (Å²) in [5, 5.41) is 11.8. The van der Waals surface area contributed by atoms with Gasteiger partial charge in [-0.15, -0.1) is 0 Å². The number of carboxylic acids is 1. The first-order valence-corrected chi connectivity index (χ1v) is 7.51. The molecule has 0 heterocycles. The average Bonchev–Trinajstić information content (AvgIpc) is 2.42. The molecule has 0 aliphatic heterocycles. The molecule has 0 radical (unpaired) electrons. The predicted octanol–water partition coefficient (Wildman–Crippen LogP) is 3.17. The predicted molar refractivity (Wildman–Crippen MR) is 81.6 cm³/mol. The minimum atomic E-state index is -0.858. The zero-order chi connectivity index (χ0) is 15.1. The SMILES string of the molecule is CCCC(CNC(=O)C(C)c1ccc(Br)cc1)C(=O)O. The number of hydrogen-bond acceptors (Lipinski definition) is 2. The molecule has 20 heavy (non-hydrogen) atoms. The largest absolute Gasteiger partial charge is 0.481 e. The van der Waals surface area contributed by atoms with Crippen LogP contribution in [0.4, 0.5) is 0 Å². The Hall–Kier alpha value is -1.36. The standard InChI is InChI=1S/C15H20BrNO3/c1-3-4-12(15(19)20)9-17-14(18)10(2)11-5-7-13(16)8-6-11/h5-8,10,12H,3-4,9H2,1-2H3,(H,17,18)(H,19,20). The van der Waals surface area contributed by atoms with Gasteiger partial charge in [-0.3, -0.25) is 9.59 Å². The summed E-state index contributed by atoms with van der Waals surface area (Å²) in [7, 11) is 0. The van der Waals surface area contributed by atoms with E-state index < -0.39 is 11.9 Å². The van der Waals surface area contributed by atoms with Gasteiger partial charge in [0.05, 0.1) is 11.8 Å². The highest BCUT2D eigenvalue weighted by Gasteiger charge is 2.20. The van der Waals surface area contributed by atoms with Crippen LogP contribution in [-0.4, -0.2) is 23.5 Å². The molecule has 0 bridgehead atoms. The van der Waals surface area contributed by atoms with E-state index in [0.717, 1.165) is 16.5 Å². The lowest BCUT2D eigenvalue weighted by Crippen LogP contribution is -2.35. The van der Waals surface area contributed by atoms with E-state index in [-0.39, 0.29) is 18.4 Å². The molecule has 1 aromatic rings. The van der Waals surface area contributed by atoms with Crippen molar-refractivity contribution in [2.75, 3.05) is 6.54 Å². The molecule has 0 spiro atoms. The fourth-order valence-corrected chi connectivity index (χ4v) is 2.21. The summed E-state index contributed by atoms with van der Waals surface area (Å²) in [6, 6.07) is 7.54. The van der Waals surface area contributed by atoms with Crippen molar-refractivity contribution in [3.05, 3.63) is 34.3 Å². The van der Waals surface area contributed by atoms with Crippen LogP contribution >= 0.6 is 15.9 Å². The van der Waals surface area contributed by atoms with Crippen LogP contribution < -0.4 is 5.32 Å². The van der Waals surface area contributed by atoms with Crippen LogP contribution in [-0.2, 0) is 9.59 Å². The number of aliphatic carboxylic acids is 1. The maximum absolute atomic E-state index is 12.0. The molecular weight excluding hydrogens is 322 g/mol. The maximum atomic E-state index is 12.0. The van der Waals surface area contributed by atoms with E-state index in [0.29, 0.717) is 6.42 Å². The van der Waals surface area contributed by atoms with Crippen molar-refractivity contribution in [2.24, 2.45) is 5.92 Å². The molecule has 4 nitrogen and oxygen atoms in total. The number of carboxylic acid groups (broad SMARTS) is 1. The van der Waals surface area contributed by atoms with Gasteiger partial charge < -0.3 is 10.4 Å². The zero-order valence-electron chi connectivity index (χ0n) is 11.7. The van der Waals surface area contributed by atoms with Gasteiger partial charge in [-0.25, -0.2) is 0 Å². The molecule has 5 heteroatoms. The smallest absolute Gasteiger partial charge is 0.308 e. The molecule has 1 rings (SSSR count). The van der Waals surface area contributed by atoms with Gasteiger partial charge in [0.1, 0.15) is 0 Å². The van der Waals surface area contributed by atoms with Crippen LogP contribution in [0.15, 0.2) is 28.7 Å². The second-order valence-electron chi connectivity index (χ2n) is 4.84. The Morgan fingerprint density at radius 2 is 1.90 bits per heavy atom. The number of carbonyl (C=O) groups excluding carboxylic acids is 1. The number of hydrogen-bond donors (Lipinski definition) is 2. The Bertz CT molecular complexity index is 459. The zero-order valence-corrected chi connectivity index (χ0v) is 13.3. The van der Waals surface area contributed by atoms with Crippen molar-refractivity contribution in [1.82, 2.24) is 5.32 Å². The summed E-state index contributed by atoms with van der Waals surface area (Å²) in [6.45, 7) is 3.93. The molecule has 2 N–H and O–H groups in total. The number of benzene rings is 1. The summed E-state index contributed by atoms with van der Waals surface area (Å²) < 4.78 is 0.961. The maximum Gasteiger partial charge on any atom is 0.308 e. The summed E-state index contributed by atoms with van der Waals surface area (Å²) in [4.78, 5) is 23.1. The molecule has 0 aliphatic rings. The van der Waals surface area contributed by atoms with Crippen LogP contribution in [0.5, 0.6) is 0 Å². The van der Waals surface area contributed by atoms with Crippen LogP contribution in [0.1, 0.15) is 38.2 Å². The number of amides is 1. The van der Waals surface area contributed by atoms with E-state index in [1.165, 1.54) is 0 Å². The highest BCUT2D eigenvalue weighted by molar-refractivity contribution is 9.10. The molecular formula is C15H20BrNO3. The molecule has 1 aromatic carbocycles. The lowest BCUT2D eigenvalue weighted by Gasteiger charge is -2.16. The van der Waals surface area contributed by atoms with E-state index in [2.05, 4.69) is 21.2 Å². The number of nitrogens with one attached hydrogen (secondary N) is 1. The van der Waals surface area contributed by atoms with Crippen molar-refractivity contribution in [3.8, 4) is 0 Å². The lowest BCUT2D eigenvalue weighted by atomic mass is 9.99. The number of carbonyl (C=O) groups is 2. The molecule has 110 valence electrons. The van der Waals surface area contributed by atoms with E-state index in [9.17, 15) is 9.59 Å². The normalized spacial score (nSPS) is 13.6. The average molecular weight is 342 g/mol. The van der Waals surface area contributed by atoms with Crippen molar-refractivity contribution in [1.29, 1.82) is 0 Å². The molecule has 0 aliphatic carbocycles. The van der Waals surface area contributed by atoms with Crippen molar-refractivity contribution in [2.45, 2.75) is 32.6 Å². The van der Waals surface area contributed by atoms with Crippen LogP contribution in [0.2, 0.25) is 0 Å². The Kier molecular flexibility index (Phi) is 6.71. The second-order valence-corrected chi connectivity index (χ2v) is 5.76. The Balaban J connectivity index is 2.57. The second kappa shape index (κ2) is 8.04. The van der Waals surface area contributed by atoms with Gasteiger partial charge in [-0.2, -0.15) is 0 Å². The Labute approximate surface area is 127 Å². The minimum Gasteiger partial charge on any atom is -0.481 e. The molecule has 0 fully saturated rings. The number of halogens is 1. The quantitative estimate of drug-likeness (QED) is 0.800. The third kappa shape index (κ3) is 4.96. The van der Waals surface area contributed by atoms with Crippen LogP contribution in [0.3, 0.4) is 0 Å². The van der Waals surface area contributed by atoms with Gasteiger partial charge in [-0.05, 0) is 31.0 Å². The molecule has 2 unspecified atom stereocenters. The van der Waals surface area contributed by atoms with Gasteiger partial charge in [-0.1, -0.05) is 41.4 Å². The van der Waals surface area contributed by atoms with Crippen molar-refractivity contribution < 1.29 is 14.7 Å². The fourth-order valence-electron chi connectivity index (χ4n) is 1.94. The third-order valence-electron chi connectivity index (χ3n) is 3.27. The summed E-state index contributed by atoms with van der Waals surface area (Å²) >= 11 is 3.35. The molecule has 0 saturated heterocycles. The first-order chi connectivity index (χ1) is 9.45. The van der Waals surface area contributed by atoms with E-state index in [4.69, 9.17) is 5.11 Å². The first-order valence-electron chi connectivity index (χ1n) is 6.71. The van der Waals surface area contributed by atoms with Crippen LogP contribution in [0, 0.1) is 5.92 Å². The summed E-state index contributed by atoms with van der Waals surface area (Å²) in [6.07, 6.45) is 1.36. The Morgan fingerprint density at radius 1 is 1.30 bits per heavy atom. The summed E-state index contributed by atoms with van der Waals surface area (Å²) in [5.41, 5.74) is 0.910. The van der Waals surface area contributed by atoms with Gasteiger partial charge in [0.15, 0.2) is 0 Å². The minimum absolute atomic E-state index is 0.144. The third-order valence-corrected chi connectivity index (χ3v) is 3.80. The molecule has 1 amide bonds. The van der Waals surface area contributed by atoms with E-state index >= 15 is 0 Å². The number of rotatable bonds is 7. The van der Waals surface area contributed by atoms with Gasteiger partial charge in [0, 0.05) is 11.0 Å². The fraction of sp³-hybridized carbons (Fsp3) is 0.467. The Morgan fingerprint density at radius 3 is 2.40 bits per heavy atom. The first kappa shape index (κ1) is 16.7. The lowest BCUT2D eigenvalue weighted by molar-refractivity contribution is -0.142. The van der Waals surface area contributed by atoms with Gasteiger partial charge >= 0.3 is 5.97 Å². The van der Waals surface area contributed by atoms with Crippen LogP contribution in [0.25, 0.3) is 0 Å². The highest BCUT2D eigenvalue weighted by atomic mass is 79.9. The topological polar surface area (TPSA) is 66.4 Å². The molecule has 0 saturated carbocycles. The van der Waals surface area contributed by atoms with Gasteiger partial charge in [0.25, 0.3) is 0 Å². The van der Waals surface area contributed by atoms with E-state index in [1.807, 2.05) is 38.1 Å². The highest BCUT2D eigenvalue weighted by Crippen LogP contribution is 2.18. The molecule has 2 atom stereocenters. The molecule has 0 aromatic heterocycles. The monoisotopic (exact) mass is 341 g/mol. The van der Waals surface area contributed by atoms with Crippen molar-refractivity contribution >= 4 is 27.8 Å². The van der Waals surface area contributed by atoms with E-state index in [1.54, 1.807) is 0 Å². The van der Waals surface area contributed by atoms with Gasteiger partial charge in [0.2, 0.25) is 5.91 Å². The van der Waals surface area contributed by atoms with Crippen molar-refractivity contribution in [3.63, 3.8) is 0 Å². The summed E-state index contributed by atoms with van der Waals surface area (Å²) in [5.74, 6) is -1.81.